The van der Waals surface area contributed by atoms with Gasteiger partial charge in [-0.15, -0.1) is 0 Å². The summed E-state index contributed by atoms with van der Waals surface area (Å²) in [4.78, 5) is 14.7. The van der Waals surface area contributed by atoms with Crippen molar-refractivity contribution in [3.8, 4) is 17.2 Å². The summed E-state index contributed by atoms with van der Waals surface area (Å²) in [6.07, 6.45) is 1.69. The molecule has 0 spiro atoms. The molecule has 26 heavy (non-hydrogen) atoms. The summed E-state index contributed by atoms with van der Waals surface area (Å²) in [7, 11) is 2.90. The van der Waals surface area contributed by atoms with E-state index >= 15 is 0 Å². The van der Waals surface area contributed by atoms with E-state index in [1.807, 2.05) is 18.2 Å². The number of methoxy groups -OCH3 is 2. The fourth-order valence-corrected chi connectivity index (χ4v) is 3.13. The molecule has 0 saturated heterocycles. The molecule has 0 unspecified atom stereocenters. The Morgan fingerprint density at radius 3 is 2.54 bits per heavy atom. The molecule has 138 valence electrons. The van der Waals surface area contributed by atoms with E-state index in [-0.39, 0.29) is 17.4 Å². The Labute approximate surface area is 150 Å². The van der Waals surface area contributed by atoms with Crippen LogP contribution in [0.15, 0.2) is 36.4 Å². The fourth-order valence-electron chi connectivity index (χ4n) is 3.13. The van der Waals surface area contributed by atoms with Crippen molar-refractivity contribution in [2.75, 3.05) is 25.7 Å². The third-order valence-corrected chi connectivity index (χ3v) is 4.27. The Balaban J connectivity index is 1.96. The van der Waals surface area contributed by atoms with Crippen LogP contribution in [0.5, 0.6) is 17.2 Å². The number of alkyl halides is 2. The Hall–Kier alpha value is -2.83. The van der Waals surface area contributed by atoms with E-state index in [9.17, 15) is 13.6 Å². The number of carbonyl (C=O) groups excluding carboxylic acids is 1. The number of ether oxygens (including phenoxy) is 3. The quantitative estimate of drug-likeness (QED) is 0.808. The second kappa shape index (κ2) is 7.59. The monoisotopic (exact) mass is 363 g/mol. The minimum Gasteiger partial charge on any atom is -0.495 e. The Morgan fingerprint density at radius 1 is 1.08 bits per heavy atom. The summed E-state index contributed by atoms with van der Waals surface area (Å²) in [5.74, 6) is 0.335. The number of benzene rings is 2. The lowest BCUT2D eigenvalue weighted by Crippen LogP contribution is -2.35. The van der Waals surface area contributed by atoms with Crippen molar-refractivity contribution in [1.29, 1.82) is 0 Å². The number of amides is 1. The van der Waals surface area contributed by atoms with Crippen LogP contribution >= 0.6 is 0 Å². The molecule has 0 bridgehead atoms. The zero-order chi connectivity index (χ0) is 18.7. The number of hydrogen-bond donors (Lipinski definition) is 0. The molecule has 2 aromatic rings. The maximum atomic E-state index is 13.1. The molecule has 1 amide bonds. The number of aryl methyl sites for hydroxylation is 1. The van der Waals surface area contributed by atoms with Gasteiger partial charge in [0.1, 0.15) is 5.75 Å². The number of hydrogen-bond acceptors (Lipinski definition) is 4. The van der Waals surface area contributed by atoms with Crippen molar-refractivity contribution in [3.63, 3.8) is 0 Å². The fraction of sp³-hybridized carbons (Fsp3) is 0.316. The number of anilines is 1. The first-order valence-corrected chi connectivity index (χ1v) is 8.15. The van der Waals surface area contributed by atoms with E-state index < -0.39 is 6.61 Å². The molecule has 7 heteroatoms. The van der Waals surface area contributed by atoms with E-state index in [1.165, 1.54) is 25.3 Å². The van der Waals surface area contributed by atoms with Crippen LogP contribution in [0.1, 0.15) is 22.3 Å². The lowest BCUT2D eigenvalue weighted by molar-refractivity contribution is -0.0512. The van der Waals surface area contributed by atoms with E-state index in [4.69, 9.17) is 9.47 Å². The zero-order valence-corrected chi connectivity index (χ0v) is 14.5. The largest absolute Gasteiger partial charge is 0.495 e. The van der Waals surface area contributed by atoms with Crippen LogP contribution in [-0.4, -0.2) is 33.3 Å². The maximum absolute atomic E-state index is 13.1. The normalized spacial score (nSPS) is 13.3. The minimum absolute atomic E-state index is 0.0772. The van der Waals surface area contributed by atoms with Gasteiger partial charge in [0.2, 0.25) is 0 Å². The van der Waals surface area contributed by atoms with Gasteiger partial charge in [0.15, 0.2) is 11.5 Å². The Kier molecular flexibility index (Phi) is 5.25. The van der Waals surface area contributed by atoms with Crippen molar-refractivity contribution >= 4 is 11.6 Å². The van der Waals surface area contributed by atoms with Crippen LogP contribution < -0.4 is 19.1 Å². The molecule has 0 fully saturated rings. The van der Waals surface area contributed by atoms with E-state index in [1.54, 1.807) is 12.0 Å². The van der Waals surface area contributed by atoms with Gasteiger partial charge in [-0.2, -0.15) is 8.78 Å². The molecular formula is C19H19F2NO4. The SMILES string of the molecule is COc1cc(C(=O)N2CCCc3cccc(OC)c32)ccc1OC(F)F. The van der Waals surface area contributed by atoms with Gasteiger partial charge < -0.3 is 19.1 Å². The highest BCUT2D eigenvalue weighted by molar-refractivity contribution is 6.08. The van der Waals surface area contributed by atoms with Gasteiger partial charge in [-0.05, 0) is 42.7 Å². The second-order valence-corrected chi connectivity index (χ2v) is 5.77. The van der Waals surface area contributed by atoms with E-state index in [0.717, 1.165) is 24.1 Å². The topological polar surface area (TPSA) is 48.0 Å². The lowest BCUT2D eigenvalue weighted by Gasteiger charge is -2.31. The number of para-hydroxylation sites is 1. The molecule has 1 heterocycles. The molecule has 0 radical (unpaired) electrons. The molecule has 3 rings (SSSR count). The van der Waals surface area contributed by atoms with Gasteiger partial charge in [-0.25, -0.2) is 0 Å². The average molecular weight is 363 g/mol. The van der Waals surface area contributed by atoms with Gasteiger partial charge in [-0.1, -0.05) is 12.1 Å². The number of carbonyl (C=O) groups is 1. The second-order valence-electron chi connectivity index (χ2n) is 5.77. The number of nitrogens with zero attached hydrogens (tertiary/aromatic N) is 1. The number of fused-ring (bicyclic) bond motifs is 1. The van der Waals surface area contributed by atoms with Crippen molar-refractivity contribution in [3.05, 3.63) is 47.5 Å². The Morgan fingerprint density at radius 2 is 1.85 bits per heavy atom. The van der Waals surface area contributed by atoms with Gasteiger partial charge in [0, 0.05) is 12.1 Å². The standard InChI is InChI=1S/C19H19F2NO4/c1-24-15-7-3-5-12-6-4-10-22(17(12)15)18(23)13-8-9-14(26-19(20)21)16(11-13)25-2/h3,5,7-9,11,19H,4,6,10H2,1-2H3. The van der Waals surface area contributed by atoms with Crippen LogP contribution in [0.2, 0.25) is 0 Å². The zero-order valence-electron chi connectivity index (χ0n) is 14.5. The molecule has 1 aliphatic heterocycles. The predicted molar refractivity (Wildman–Crippen MR) is 92.6 cm³/mol. The summed E-state index contributed by atoms with van der Waals surface area (Å²) >= 11 is 0. The van der Waals surface area contributed by atoms with Crippen molar-refractivity contribution in [2.24, 2.45) is 0 Å². The smallest absolute Gasteiger partial charge is 0.387 e. The molecule has 0 N–H and O–H groups in total. The highest BCUT2D eigenvalue weighted by Crippen LogP contribution is 2.38. The molecule has 0 aliphatic carbocycles. The van der Waals surface area contributed by atoms with Crippen molar-refractivity contribution in [2.45, 2.75) is 19.5 Å². The average Bonchev–Trinajstić information content (AvgIpc) is 2.66. The third kappa shape index (κ3) is 3.42. The van der Waals surface area contributed by atoms with Crippen LogP contribution in [0.4, 0.5) is 14.5 Å². The molecule has 0 aromatic heterocycles. The molecule has 5 nitrogen and oxygen atoms in total. The Bertz CT molecular complexity index is 796. The van der Waals surface area contributed by atoms with E-state index in [0.29, 0.717) is 17.9 Å². The molecule has 0 saturated carbocycles. The van der Waals surface area contributed by atoms with Gasteiger partial charge >= 0.3 is 6.61 Å². The summed E-state index contributed by atoms with van der Waals surface area (Å²) in [6.45, 7) is -2.42. The molecule has 2 aromatic carbocycles. The van der Waals surface area contributed by atoms with E-state index in [2.05, 4.69) is 4.74 Å². The highest BCUT2D eigenvalue weighted by Gasteiger charge is 2.27. The van der Waals surface area contributed by atoms with Crippen molar-refractivity contribution < 1.29 is 27.8 Å². The van der Waals surface area contributed by atoms with Crippen LogP contribution in [-0.2, 0) is 6.42 Å². The van der Waals surface area contributed by atoms with Crippen LogP contribution in [0.3, 0.4) is 0 Å². The van der Waals surface area contributed by atoms with Gasteiger partial charge in [-0.3, -0.25) is 4.79 Å². The lowest BCUT2D eigenvalue weighted by atomic mass is 10.00. The van der Waals surface area contributed by atoms with Gasteiger partial charge in [0.05, 0.1) is 19.9 Å². The maximum Gasteiger partial charge on any atom is 0.387 e. The summed E-state index contributed by atoms with van der Waals surface area (Å²) in [5.41, 5.74) is 2.11. The van der Waals surface area contributed by atoms with Crippen molar-refractivity contribution in [1.82, 2.24) is 0 Å². The summed E-state index contributed by atoms with van der Waals surface area (Å²) < 4.78 is 39.8. The summed E-state index contributed by atoms with van der Waals surface area (Å²) in [5, 5.41) is 0. The van der Waals surface area contributed by atoms with Gasteiger partial charge in [0.25, 0.3) is 5.91 Å². The van der Waals surface area contributed by atoms with Crippen LogP contribution in [0.25, 0.3) is 0 Å². The number of rotatable bonds is 5. The molecule has 1 aliphatic rings. The van der Waals surface area contributed by atoms with Crippen LogP contribution in [0, 0.1) is 0 Å². The highest BCUT2D eigenvalue weighted by atomic mass is 19.3. The number of halogens is 2. The molecule has 0 atom stereocenters. The first-order chi connectivity index (χ1) is 12.5. The summed E-state index contributed by atoms with van der Waals surface area (Å²) in [6, 6.07) is 9.84. The first kappa shape index (κ1) is 18.0. The predicted octanol–water partition coefficient (Wildman–Crippen LogP) is 3.90. The first-order valence-electron chi connectivity index (χ1n) is 8.15. The minimum atomic E-state index is -2.97. The molecular weight excluding hydrogens is 344 g/mol. The third-order valence-electron chi connectivity index (χ3n) is 4.27.